The average molecular weight is 525 g/mol. The van der Waals surface area contributed by atoms with Crippen molar-refractivity contribution in [3.8, 4) is 5.75 Å². The molecular formula is C29H32O7S. The molecule has 0 saturated heterocycles. The zero-order chi connectivity index (χ0) is 26.5. The molecule has 4 rings (SSSR count). The summed E-state index contributed by atoms with van der Waals surface area (Å²) in [7, 11) is -4.19. The highest BCUT2D eigenvalue weighted by Crippen LogP contribution is 2.34. The van der Waals surface area contributed by atoms with Crippen LogP contribution in [0.2, 0.25) is 0 Å². The molecular weight excluding hydrogens is 492 g/mol. The molecule has 37 heavy (non-hydrogen) atoms. The van der Waals surface area contributed by atoms with Crippen molar-refractivity contribution < 1.29 is 31.7 Å². The Morgan fingerprint density at radius 3 is 2.32 bits per heavy atom. The predicted molar refractivity (Wildman–Crippen MR) is 140 cm³/mol. The van der Waals surface area contributed by atoms with E-state index in [1.807, 2.05) is 43.3 Å². The van der Waals surface area contributed by atoms with Gasteiger partial charge in [-0.05, 0) is 50.3 Å². The van der Waals surface area contributed by atoms with Crippen LogP contribution in [0.1, 0.15) is 44.6 Å². The number of esters is 1. The molecule has 196 valence electrons. The van der Waals surface area contributed by atoms with E-state index in [2.05, 4.69) is 0 Å². The molecule has 0 amide bonds. The van der Waals surface area contributed by atoms with Crippen molar-refractivity contribution in [1.29, 1.82) is 0 Å². The first-order valence-electron chi connectivity index (χ1n) is 12.5. The Morgan fingerprint density at radius 2 is 1.59 bits per heavy atom. The van der Waals surface area contributed by atoms with Crippen LogP contribution in [0.4, 0.5) is 0 Å². The number of carbonyl (C=O) groups is 2. The minimum atomic E-state index is -4.19. The van der Waals surface area contributed by atoms with Crippen molar-refractivity contribution in [1.82, 2.24) is 0 Å². The first kappa shape index (κ1) is 26.8. The zero-order valence-corrected chi connectivity index (χ0v) is 22.0. The minimum Gasteiger partial charge on any atom is -0.457 e. The van der Waals surface area contributed by atoms with Crippen LogP contribution in [-0.2, 0) is 28.6 Å². The van der Waals surface area contributed by atoms with Crippen molar-refractivity contribution in [3.05, 3.63) is 72.3 Å². The summed E-state index contributed by atoms with van der Waals surface area (Å²) in [6.07, 6.45) is 4.10. The van der Waals surface area contributed by atoms with E-state index in [-0.39, 0.29) is 16.6 Å². The number of Topliss-reactive ketones (excluding diaryl/α,β-unsaturated/α-hetero) is 1. The fourth-order valence-electron chi connectivity index (χ4n) is 4.64. The van der Waals surface area contributed by atoms with Crippen molar-refractivity contribution in [2.24, 2.45) is 11.3 Å². The van der Waals surface area contributed by atoms with Gasteiger partial charge in [-0.1, -0.05) is 73.4 Å². The van der Waals surface area contributed by atoms with Crippen molar-refractivity contribution in [2.75, 3.05) is 13.4 Å². The van der Waals surface area contributed by atoms with E-state index in [1.165, 1.54) is 19.1 Å². The van der Waals surface area contributed by atoms with Gasteiger partial charge >= 0.3 is 5.97 Å². The smallest absolute Gasteiger partial charge is 0.324 e. The highest BCUT2D eigenvalue weighted by molar-refractivity contribution is 7.86. The molecule has 8 heteroatoms. The lowest BCUT2D eigenvalue weighted by molar-refractivity contribution is -0.168. The first-order chi connectivity index (χ1) is 17.7. The molecule has 1 atom stereocenters. The van der Waals surface area contributed by atoms with Crippen molar-refractivity contribution in [2.45, 2.75) is 50.8 Å². The molecule has 0 N–H and O–H groups in total. The van der Waals surface area contributed by atoms with E-state index in [0.717, 1.165) is 35.6 Å². The van der Waals surface area contributed by atoms with Crippen molar-refractivity contribution in [3.63, 3.8) is 0 Å². The second kappa shape index (κ2) is 11.4. The third-order valence-electron chi connectivity index (χ3n) is 6.94. The minimum absolute atomic E-state index is 0.0433. The second-order valence-electron chi connectivity index (χ2n) is 9.73. The topological polar surface area (TPSA) is 96.0 Å². The summed E-state index contributed by atoms with van der Waals surface area (Å²) in [4.78, 5) is 26.8. The van der Waals surface area contributed by atoms with Crippen LogP contribution in [0, 0.1) is 18.3 Å². The maximum Gasteiger partial charge on any atom is 0.324 e. The van der Waals surface area contributed by atoms with Crippen LogP contribution in [0.5, 0.6) is 5.75 Å². The standard InChI is InChI=1S/C29H32O7S/c1-21-15-17-24(18-16-21)37(32,33)36-19-29(2,27(30)23-10-4-3-5-11-23)28(31)35-20-34-26-14-8-12-22-9-6-7-13-25(22)26/h6-9,12-18,23H,3-5,10-11,19-20H2,1-2H3. The number of rotatable bonds is 10. The molecule has 1 aliphatic rings. The summed E-state index contributed by atoms with van der Waals surface area (Å²) in [5.41, 5.74) is -0.909. The molecule has 0 aromatic heterocycles. The van der Waals surface area contributed by atoms with Gasteiger partial charge in [0.25, 0.3) is 10.1 Å². The van der Waals surface area contributed by atoms with E-state index < -0.39 is 34.9 Å². The maximum atomic E-state index is 13.6. The number of ketones is 1. The van der Waals surface area contributed by atoms with Gasteiger partial charge in [0.1, 0.15) is 11.2 Å². The van der Waals surface area contributed by atoms with Gasteiger partial charge in [-0.15, -0.1) is 0 Å². The molecule has 1 aliphatic carbocycles. The lowest BCUT2D eigenvalue weighted by Gasteiger charge is -2.31. The Balaban J connectivity index is 1.50. The number of aryl methyl sites for hydroxylation is 1. The van der Waals surface area contributed by atoms with E-state index in [4.69, 9.17) is 13.7 Å². The Morgan fingerprint density at radius 1 is 0.919 bits per heavy atom. The summed E-state index contributed by atoms with van der Waals surface area (Å²) in [6.45, 7) is 2.17. The largest absolute Gasteiger partial charge is 0.457 e. The second-order valence-corrected chi connectivity index (χ2v) is 11.3. The predicted octanol–water partition coefficient (Wildman–Crippen LogP) is 5.59. The Bertz CT molecular complexity index is 1350. The number of hydrogen-bond acceptors (Lipinski definition) is 7. The van der Waals surface area contributed by atoms with Crippen LogP contribution in [0.15, 0.2) is 71.6 Å². The lowest BCUT2D eigenvalue weighted by Crippen LogP contribution is -2.46. The highest BCUT2D eigenvalue weighted by Gasteiger charge is 2.47. The van der Waals surface area contributed by atoms with Crippen molar-refractivity contribution >= 4 is 32.6 Å². The molecule has 0 bridgehead atoms. The monoisotopic (exact) mass is 524 g/mol. The molecule has 7 nitrogen and oxygen atoms in total. The fourth-order valence-corrected chi connectivity index (χ4v) is 5.64. The summed E-state index contributed by atoms with van der Waals surface area (Å²) < 4.78 is 42.1. The van der Waals surface area contributed by atoms with Gasteiger partial charge in [-0.25, -0.2) is 0 Å². The molecule has 0 radical (unpaired) electrons. The van der Waals surface area contributed by atoms with Crippen LogP contribution in [0.3, 0.4) is 0 Å². The normalized spacial score (nSPS) is 16.2. The Hall–Kier alpha value is -3.23. The summed E-state index contributed by atoms with van der Waals surface area (Å²) in [5, 5.41) is 1.83. The quantitative estimate of drug-likeness (QED) is 0.148. The van der Waals surface area contributed by atoms with Crippen LogP contribution in [0.25, 0.3) is 10.8 Å². The SMILES string of the molecule is Cc1ccc(S(=O)(=O)OCC(C)(C(=O)OCOc2cccc3ccccc23)C(=O)C2CCCCC2)cc1. The number of ether oxygens (including phenoxy) is 2. The third-order valence-corrected chi connectivity index (χ3v) is 8.21. The molecule has 1 unspecified atom stereocenters. The summed E-state index contributed by atoms with van der Waals surface area (Å²) in [5.74, 6) is -1.05. The van der Waals surface area contributed by atoms with Gasteiger partial charge < -0.3 is 9.47 Å². The molecule has 3 aromatic rings. The van der Waals surface area contributed by atoms with Gasteiger partial charge in [0, 0.05) is 11.3 Å². The fraction of sp³-hybridized carbons (Fsp3) is 0.379. The van der Waals surface area contributed by atoms with Crippen LogP contribution >= 0.6 is 0 Å². The van der Waals surface area contributed by atoms with Gasteiger partial charge in [0.15, 0.2) is 5.78 Å². The van der Waals surface area contributed by atoms with E-state index in [9.17, 15) is 18.0 Å². The molecule has 0 aliphatic heterocycles. The zero-order valence-electron chi connectivity index (χ0n) is 21.1. The third kappa shape index (κ3) is 6.19. The van der Waals surface area contributed by atoms with Crippen LogP contribution < -0.4 is 4.74 Å². The van der Waals surface area contributed by atoms with Gasteiger partial charge in [0.2, 0.25) is 6.79 Å². The Kier molecular flexibility index (Phi) is 8.29. The first-order valence-corrected chi connectivity index (χ1v) is 13.9. The highest BCUT2D eigenvalue weighted by atomic mass is 32.2. The number of carbonyl (C=O) groups excluding carboxylic acids is 2. The molecule has 3 aromatic carbocycles. The van der Waals surface area contributed by atoms with Gasteiger partial charge in [0.05, 0.1) is 11.5 Å². The molecule has 1 saturated carbocycles. The molecule has 0 spiro atoms. The van der Waals surface area contributed by atoms with Crippen LogP contribution in [-0.4, -0.2) is 33.6 Å². The van der Waals surface area contributed by atoms with E-state index in [0.29, 0.717) is 18.6 Å². The van der Waals surface area contributed by atoms with Gasteiger partial charge in [-0.2, -0.15) is 8.42 Å². The number of fused-ring (bicyclic) bond motifs is 1. The maximum absolute atomic E-state index is 13.6. The summed E-state index contributed by atoms with van der Waals surface area (Å²) >= 11 is 0. The van der Waals surface area contributed by atoms with E-state index >= 15 is 0 Å². The number of benzene rings is 3. The molecule has 1 fully saturated rings. The molecule has 0 heterocycles. The number of hydrogen-bond donors (Lipinski definition) is 0. The van der Waals surface area contributed by atoms with E-state index in [1.54, 1.807) is 18.2 Å². The summed E-state index contributed by atoms with van der Waals surface area (Å²) in [6, 6.07) is 19.4. The average Bonchev–Trinajstić information content (AvgIpc) is 2.92. The lowest BCUT2D eigenvalue weighted by atomic mass is 9.74. The van der Waals surface area contributed by atoms with Gasteiger partial charge in [-0.3, -0.25) is 13.8 Å². The Labute approximate surface area is 217 Å².